The maximum Gasteiger partial charge on any atom is 1.00 e. The molecule has 0 nitrogen and oxygen atoms in total. The van der Waals surface area contributed by atoms with E-state index in [1.165, 1.54) is 0 Å². The molecule has 1 aliphatic rings. The monoisotopic (exact) mass is 162 g/mol. The molecule has 1 fully saturated rings. The van der Waals surface area contributed by atoms with E-state index in [9.17, 15) is 12.9 Å². The van der Waals surface area contributed by atoms with E-state index in [4.69, 9.17) is 0 Å². The zero-order valence-electron chi connectivity index (χ0n) is 5.57. The van der Waals surface area contributed by atoms with Crippen LogP contribution in [0, 0.1) is 5.92 Å². The van der Waals surface area contributed by atoms with Crippen molar-refractivity contribution >= 4 is 6.98 Å². The van der Waals surface area contributed by atoms with Gasteiger partial charge in [-0.15, -0.1) is 0 Å². The minimum Gasteiger partial charge on any atom is -0.449 e. The third kappa shape index (κ3) is 2.93. The fourth-order valence-electron chi connectivity index (χ4n) is 0.878. The maximum atomic E-state index is 11.6. The molecule has 0 amide bonds. The molecule has 1 aliphatic carbocycles. The van der Waals surface area contributed by atoms with Crippen LogP contribution in [0.15, 0.2) is 0 Å². The van der Waals surface area contributed by atoms with Crippen molar-refractivity contribution in [2.75, 3.05) is 0 Å². The van der Waals surface area contributed by atoms with Crippen molar-refractivity contribution in [1.29, 1.82) is 0 Å². The Labute approximate surface area is 95.1 Å². The number of hydrogen-bond acceptors (Lipinski definition) is 0. The van der Waals surface area contributed by atoms with Crippen LogP contribution in [0.2, 0.25) is 5.82 Å². The van der Waals surface area contributed by atoms with E-state index in [-0.39, 0.29) is 57.3 Å². The summed E-state index contributed by atoms with van der Waals surface area (Å²) in [4.78, 5) is 0. The molecule has 0 heterocycles. The molecule has 0 N–H and O–H groups in total. The second kappa shape index (κ2) is 3.26. The Bertz CT molecular complexity index is 102. The average molecular weight is 162 g/mol. The number of halogens is 3. The Kier molecular flexibility index (Phi) is 3.80. The van der Waals surface area contributed by atoms with Crippen molar-refractivity contribution in [2.24, 2.45) is 5.92 Å². The topological polar surface area (TPSA) is 0 Å². The zero-order valence-corrected chi connectivity index (χ0v) is 8.70. The van der Waals surface area contributed by atoms with E-state index >= 15 is 0 Å². The Morgan fingerprint density at radius 2 is 1.67 bits per heavy atom. The molecule has 1 rings (SSSR count). The summed E-state index contributed by atoms with van der Waals surface area (Å²) in [7, 11) is 0. The summed E-state index contributed by atoms with van der Waals surface area (Å²) in [6, 6.07) is 0. The van der Waals surface area contributed by atoms with Crippen molar-refractivity contribution < 1.29 is 64.3 Å². The van der Waals surface area contributed by atoms with Gasteiger partial charge in [-0.1, -0.05) is 25.1 Å². The molecule has 0 aromatic heterocycles. The van der Waals surface area contributed by atoms with Crippen molar-refractivity contribution in [3.63, 3.8) is 0 Å². The fraction of sp³-hybridized carbons (Fsp3) is 1.00. The van der Waals surface area contributed by atoms with Gasteiger partial charge < -0.3 is 12.9 Å². The quantitative estimate of drug-likeness (QED) is 0.445. The molecule has 0 bridgehead atoms. The van der Waals surface area contributed by atoms with Crippen LogP contribution in [0.1, 0.15) is 13.3 Å². The summed E-state index contributed by atoms with van der Waals surface area (Å²) >= 11 is 0. The van der Waals surface area contributed by atoms with E-state index in [2.05, 4.69) is 0 Å². The van der Waals surface area contributed by atoms with Crippen molar-refractivity contribution in [3.8, 4) is 0 Å². The molecule has 0 aromatic rings. The van der Waals surface area contributed by atoms with Crippen LogP contribution in [0.4, 0.5) is 12.9 Å². The van der Waals surface area contributed by atoms with Gasteiger partial charge in [-0.3, -0.25) is 0 Å². The first-order valence-electron chi connectivity index (χ1n) is 2.72. The largest absolute Gasteiger partial charge is 1.00 e. The van der Waals surface area contributed by atoms with Crippen LogP contribution >= 0.6 is 0 Å². The third-order valence-electron chi connectivity index (χ3n) is 1.66. The molecule has 0 radical (unpaired) electrons. The Hall–Kier alpha value is 1.49. The second-order valence-corrected chi connectivity index (χ2v) is 2.50. The normalized spacial score (nSPS) is 33.3. The molecule has 0 saturated heterocycles. The van der Waals surface area contributed by atoms with Crippen LogP contribution in [-0.2, 0) is 0 Å². The SMILES string of the molecule is C[C@@H]1C[C@H]1[B-](F)(F)F.[K+]. The van der Waals surface area contributed by atoms with Gasteiger partial charge in [-0.25, -0.2) is 0 Å². The fourth-order valence-corrected chi connectivity index (χ4v) is 0.878. The summed E-state index contributed by atoms with van der Waals surface area (Å²) in [5.41, 5.74) is 0. The molecule has 0 aliphatic heterocycles. The van der Waals surface area contributed by atoms with Crippen LogP contribution in [0.25, 0.3) is 0 Å². The standard InChI is InChI=1S/C4H7BF3.K/c1-3-2-4(3)5(6,7)8;/h3-4H,2H2,1H3;/q-1;+1/t3-,4-;/m1./s1. The number of hydrogen-bond donors (Lipinski definition) is 0. The summed E-state index contributed by atoms with van der Waals surface area (Å²) in [6.07, 6.45) is 0.365. The zero-order chi connectivity index (χ0) is 6.36. The van der Waals surface area contributed by atoms with Gasteiger partial charge in [0.15, 0.2) is 0 Å². The Morgan fingerprint density at radius 1 is 1.33 bits per heavy atom. The van der Waals surface area contributed by atoms with Gasteiger partial charge in [0.25, 0.3) is 0 Å². The second-order valence-electron chi connectivity index (χ2n) is 2.50. The third-order valence-corrected chi connectivity index (χ3v) is 1.66. The van der Waals surface area contributed by atoms with Gasteiger partial charge in [0.2, 0.25) is 0 Å². The maximum absolute atomic E-state index is 11.6. The molecule has 0 aromatic carbocycles. The van der Waals surface area contributed by atoms with Crippen molar-refractivity contribution in [2.45, 2.75) is 19.2 Å². The van der Waals surface area contributed by atoms with Gasteiger partial charge in [-0.05, 0) is 0 Å². The van der Waals surface area contributed by atoms with Crippen LogP contribution in [0.5, 0.6) is 0 Å². The first-order chi connectivity index (χ1) is 3.52. The first kappa shape index (κ1) is 10.5. The summed E-state index contributed by atoms with van der Waals surface area (Å²) in [5, 5.41) is 0. The Balaban J connectivity index is 0.000000640. The van der Waals surface area contributed by atoms with Crippen molar-refractivity contribution in [3.05, 3.63) is 0 Å². The molecule has 0 unspecified atom stereocenters. The van der Waals surface area contributed by atoms with E-state index in [0.717, 1.165) is 0 Å². The van der Waals surface area contributed by atoms with Gasteiger partial charge in [0.05, 0.1) is 0 Å². The molecular formula is C4H7BF3K. The molecule has 1 saturated carbocycles. The first-order valence-corrected chi connectivity index (χ1v) is 2.72. The number of rotatable bonds is 1. The Morgan fingerprint density at radius 3 is 1.67 bits per heavy atom. The summed E-state index contributed by atoms with van der Waals surface area (Å²) in [5.74, 6) is -1.01. The minimum atomic E-state index is -4.49. The van der Waals surface area contributed by atoms with Crippen LogP contribution in [0.3, 0.4) is 0 Å². The van der Waals surface area contributed by atoms with E-state index in [1.807, 2.05) is 0 Å². The van der Waals surface area contributed by atoms with Crippen LogP contribution < -0.4 is 51.4 Å². The van der Waals surface area contributed by atoms with Gasteiger partial charge in [0, 0.05) is 0 Å². The van der Waals surface area contributed by atoms with Gasteiger partial charge >= 0.3 is 58.4 Å². The van der Waals surface area contributed by atoms with Crippen LogP contribution in [-0.4, -0.2) is 6.98 Å². The minimum absolute atomic E-state index is 0. The van der Waals surface area contributed by atoms with Gasteiger partial charge in [0.1, 0.15) is 0 Å². The smallest absolute Gasteiger partial charge is 0.449 e. The summed E-state index contributed by atoms with van der Waals surface area (Å²) in [6.45, 7) is -2.85. The predicted molar refractivity (Wildman–Crippen MR) is 26.6 cm³/mol. The predicted octanol–water partition coefficient (Wildman–Crippen LogP) is -0.752. The molecule has 48 valence electrons. The molecule has 0 spiro atoms. The van der Waals surface area contributed by atoms with Gasteiger partial charge in [-0.2, -0.15) is 0 Å². The molecular weight excluding hydrogens is 155 g/mol. The molecule has 5 heteroatoms. The molecule has 2 atom stereocenters. The van der Waals surface area contributed by atoms with E-state index in [0.29, 0.717) is 6.42 Å². The average Bonchev–Trinajstić information content (AvgIpc) is 2.13. The van der Waals surface area contributed by atoms with E-state index < -0.39 is 12.8 Å². The van der Waals surface area contributed by atoms with Crippen molar-refractivity contribution in [1.82, 2.24) is 0 Å². The summed E-state index contributed by atoms with van der Waals surface area (Å²) < 4.78 is 34.7. The van der Waals surface area contributed by atoms with E-state index in [1.54, 1.807) is 6.92 Å². The molecule has 9 heavy (non-hydrogen) atoms.